The number of carbonyl (C=O) groups is 1. The van der Waals surface area contributed by atoms with Crippen LogP contribution < -0.4 is 0 Å². The minimum Gasteiger partial charge on any atom is -0.508 e. The standard InChI is InChI=1S/C32H41F5O4/c1-30(24-12-14-25(38)15-13-24)20-18-23-21-26(39)16-17-27(23)28(30)11-7-5-3-2-4-6-9-22(29(40)41)10-8-19-31(33,34)32(35,36)37/h12-17,21-22,28,38-39H,2-11,18-20H2,1H3,(H,40,41)/t22?,28?,30-/m1/s1. The van der Waals surface area contributed by atoms with Crippen LogP contribution in [-0.2, 0) is 16.6 Å². The second kappa shape index (κ2) is 13.9. The van der Waals surface area contributed by atoms with Gasteiger partial charge in [0.2, 0.25) is 0 Å². The van der Waals surface area contributed by atoms with E-state index in [-0.39, 0.29) is 35.7 Å². The molecule has 0 saturated carbocycles. The van der Waals surface area contributed by atoms with Crippen molar-refractivity contribution in [2.45, 2.75) is 114 Å². The van der Waals surface area contributed by atoms with Crippen molar-refractivity contribution in [3.05, 3.63) is 59.2 Å². The number of aliphatic carboxylic acids is 1. The average Bonchev–Trinajstić information content (AvgIpc) is 2.89. The number of phenols is 2. The number of hydrogen-bond acceptors (Lipinski definition) is 3. The number of carboxylic acid groups (broad SMARTS) is 1. The molecular formula is C32H41F5O4. The number of benzene rings is 2. The summed E-state index contributed by atoms with van der Waals surface area (Å²) >= 11 is 0. The minimum absolute atomic E-state index is 0.117. The molecule has 4 nitrogen and oxygen atoms in total. The molecule has 0 heterocycles. The Labute approximate surface area is 238 Å². The lowest BCUT2D eigenvalue weighted by Gasteiger charge is -2.43. The SMILES string of the molecule is C[C@]1(c2ccc(O)cc2)CCc2cc(O)ccc2C1CCCCCCCCC(CCCC(F)(F)C(F)(F)F)C(=O)O. The molecule has 1 aliphatic rings. The largest absolute Gasteiger partial charge is 0.508 e. The number of fused-ring (bicyclic) bond motifs is 1. The number of aryl methyl sites for hydroxylation is 1. The van der Waals surface area contributed by atoms with E-state index < -0.39 is 36.8 Å². The maximum Gasteiger partial charge on any atom is 0.453 e. The van der Waals surface area contributed by atoms with Gasteiger partial charge in [0.15, 0.2) is 0 Å². The van der Waals surface area contributed by atoms with Crippen molar-refractivity contribution >= 4 is 5.97 Å². The van der Waals surface area contributed by atoms with Gasteiger partial charge in [-0.15, -0.1) is 0 Å². The van der Waals surface area contributed by atoms with Crippen molar-refractivity contribution in [1.29, 1.82) is 0 Å². The Bertz CT molecular complexity index is 1130. The van der Waals surface area contributed by atoms with Crippen molar-refractivity contribution in [3.63, 3.8) is 0 Å². The number of phenolic OH excluding ortho intramolecular Hbond substituents is 2. The second-order valence-electron chi connectivity index (χ2n) is 11.7. The van der Waals surface area contributed by atoms with Gasteiger partial charge in [-0.25, -0.2) is 0 Å². The van der Waals surface area contributed by atoms with E-state index in [2.05, 4.69) is 6.92 Å². The Morgan fingerprint density at radius 3 is 2.10 bits per heavy atom. The molecule has 1 aliphatic carbocycles. The summed E-state index contributed by atoms with van der Waals surface area (Å²) in [6, 6.07) is 13.0. The molecule has 0 saturated heterocycles. The van der Waals surface area contributed by atoms with Gasteiger partial charge in [-0.1, -0.05) is 63.6 Å². The molecule has 2 aromatic carbocycles. The third-order valence-electron chi connectivity index (χ3n) is 8.81. The van der Waals surface area contributed by atoms with E-state index in [1.165, 1.54) is 16.7 Å². The lowest BCUT2D eigenvalue weighted by Crippen LogP contribution is -2.36. The first-order valence-electron chi connectivity index (χ1n) is 14.5. The smallest absolute Gasteiger partial charge is 0.453 e. The Morgan fingerprint density at radius 1 is 0.878 bits per heavy atom. The number of rotatable bonds is 15. The van der Waals surface area contributed by atoms with Gasteiger partial charge in [-0.2, -0.15) is 22.0 Å². The monoisotopic (exact) mass is 584 g/mol. The van der Waals surface area contributed by atoms with Crippen LogP contribution in [0.15, 0.2) is 42.5 Å². The molecule has 9 heteroatoms. The molecule has 3 N–H and O–H groups in total. The highest BCUT2D eigenvalue weighted by Crippen LogP contribution is 2.50. The van der Waals surface area contributed by atoms with Gasteiger partial charge in [0.05, 0.1) is 5.92 Å². The van der Waals surface area contributed by atoms with Gasteiger partial charge in [-0.3, -0.25) is 4.79 Å². The van der Waals surface area contributed by atoms with Gasteiger partial charge < -0.3 is 15.3 Å². The van der Waals surface area contributed by atoms with Crippen molar-refractivity contribution in [2.24, 2.45) is 5.92 Å². The summed E-state index contributed by atoms with van der Waals surface area (Å²) in [7, 11) is 0. The molecule has 0 aromatic heterocycles. The first kappa shape index (κ1) is 32.7. The van der Waals surface area contributed by atoms with Gasteiger partial charge in [0.25, 0.3) is 0 Å². The summed E-state index contributed by atoms with van der Waals surface area (Å²) in [5.41, 5.74) is 3.47. The molecule has 3 atom stereocenters. The molecule has 0 amide bonds. The minimum atomic E-state index is -5.61. The molecule has 0 spiro atoms. The zero-order chi connectivity index (χ0) is 30.3. The summed E-state index contributed by atoms with van der Waals surface area (Å²) in [6.07, 6.45) is 0.525. The quantitative estimate of drug-likeness (QED) is 0.144. The maximum atomic E-state index is 13.1. The van der Waals surface area contributed by atoms with Gasteiger partial charge >= 0.3 is 18.1 Å². The van der Waals surface area contributed by atoms with Gasteiger partial charge in [-0.05, 0) is 90.8 Å². The first-order valence-corrected chi connectivity index (χ1v) is 14.5. The van der Waals surface area contributed by atoms with E-state index in [9.17, 15) is 42.1 Å². The van der Waals surface area contributed by atoms with Crippen molar-refractivity contribution < 1.29 is 42.1 Å². The predicted octanol–water partition coefficient (Wildman–Crippen LogP) is 9.28. The van der Waals surface area contributed by atoms with Crippen LogP contribution in [0.3, 0.4) is 0 Å². The fourth-order valence-electron chi connectivity index (χ4n) is 6.27. The fraction of sp³-hybridized carbons (Fsp3) is 0.594. The Hall–Kier alpha value is -2.84. The molecule has 41 heavy (non-hydrogen) atoms. The normalized spacial score (nSPS) is 20.0. The predicted molar refractivity (Wildman–Crippen MR) is 148 cm³/mol. The lowest BCUT2D eigenvalue weighted by molar-refractivity contribution is -0.284. The number of aromatic hydroxyl groups is 2. The van der Waals surface area contributed by atoms with E-state index >= 15 is 0 Å². The van der Waals surface area contributed by atoms with Crippen molar-refractivity contribution in [3.8, 4) is 11.5 Å². The highest BCUT2D eigenvalue weighted by Gasteiger charge is 2.56. The van der Waals surface area contributed by atoms with Crippen LogP contribution in [-0.4, -0.2) is 33.4 Å². The van der Waals surface area contributed by atoms with Crippen LogP contribution in [0.2, 0.25) is 0 Å². The van der Waals surface area contributed by atoms with Crippen LogP contribution in [0.5, 0.6) is 11.5 Å². The number of alkyl halides is 5. The van der Waals surface area contributed by atoms with Gasteiger partial charge in [0, 0.05) is 6.42 Å². The summed E-state index contributed by atoms with van der Waals surface area (Å²) in [5.74, 6) is -6.12. The third kappa shape index (κ3) is 8.58. The van der Waals surface area contributed by atoms with Gasteiger partial charge in [0.1, 0.15) is 11.5 Å². The van der Waals surface area contributed by atoms with Crippen LogP contribution in [0, 0.1) is 5.92 Å². The number of carboxylic acids is 1. The van der Waals surface area contributed by atoms with E-state index in [1.54, 1.807) is 18.2 Å². The molecule has 0 radical (unpaired) electrons. The van der Waals surface area contributed by atoms with E-state index in [0.29, 0.717) is 6.42 Å². The molecule has 0 bridgehead atoms. The van der Waals surface area contributed by atoms with Crippen LogP contribution in [0.25, 0.3) is 0 Å². The first-order chi connectivity index (χ1) is 19.2. The zero-order valence-corrected chi connectivity index (χ0v) is 23.5. The highest BCUT2D eigenvalue weighted by molar-refractivity contribution is 5.69. The molecule has 2 unspecified atom stereocenters. The Morgan fingerprint density at radius 2 is 1.46 bits per heavy atom. The topological polar surface area (TPSA) is 77.8 Å². The summed E-state index contributed by atoms with van der Waals surface area (Å²) in [6.45, 7) is 2.27. The number of halogens is 5. The maximum absolute atomic E-state index is 13.1. The Balaban J connectivity index is 1.45. The van der Waals surface area contributed by atoms with E-state index in [4.69, 9.17) is 0 Å². The van der Waals surface area contributed by atoms with Crippen LogP contribution in [0.4, 0.5) is 22.0 Å². The summed E-state index contributed by atoms with van der Waals surface area (Å²) < 4.78 is 63.2. The number of hydrogen-bond donors (Lipinski definition) is 3. The summed E-state index contributed by atoms with van der Waals surface area (Å²) in [5, 5.41) is 29.1. The zero-order valence-electron chi connectivity index (χ0n) is 23.5. The summed E-state index contributed by atoms with van der Waals surface area (Å²) in [4.78, 5) is 11.4. The molecule has 228 valence electrons. The molecule has 3 rings (SSSR count). The van der Waals surface area contributed by atoms with E-state index in [1.807, 2.05) is 24.3 Å². The van der Waals surface area contributed by atoms with E-state index in [0.717, 1.165) is 51.4 Å². The highest BCUT2D eigenvalue weighted by atomic mass is 19.4. The molecule has 2 aromatic rings. The number of unbranched alkanes of at least 4 members (excludes halogenated alkanes) is 5. The fourth-order valence-corrected chi connectivity index (χ4v) is 6.27. The third-order valence-corrected chi connectivity index (χ3v) is 8.81. The van der Waals surface area contributed by atoms with Crippen molar-refractivity contribution in [2.75, 3.05) is 0 Å². The van der Waals surface area contributed by atoms with Crippen LogP contribution in [0.1, 0.15) is 107 Å². The molecular weight excluding hydrogens is 543 g/mol. The molecule has 0 fully saturated rings. The second-order valence-corrected chi connectivity index (χ2v) is 11.7. The van der Waals surface area contributed by atoms with Crippen LogP contribution >= 0.6 is 0 Å². The Kier molecular flexibility index (Phi) is 11.1. The molecule has 0 aliphatic heterocycles. The van der Waals surface area contributed by atoms with Crippen molar-refractivity contribution in [1.82, 2.24) is 0 Å². The lowest BCUT2D eigenvalue weighted by atomic mass is 9.60. The average molecular weight is 585 g/mol.